The lowest BCUT2D eigenvalue weighted by Gasteiger charge is -2.20. The van der Waals surface area contributed by atoms with Gasteiger partial charge in [0, 0.05) is 13.0 Å². The van der Waals surface area contributed by atoms with Gasteiger partial charge in [0.1, 0.15) is 5.60 Å². The average molecular weight is 142 g/mol. The summed E-state index contributed by atoms with van der Waals surface area (Å²) in [6.45, 7) is 4.43. The molecule has 0 aromatic heterocycles. The van der Waals surface area contributed by atoms with Crippen LogP contribution in [0.1, 0.15) is 33.1 Å². The molecule has 1 saturated heterocycles. The zero-order valence-electron chi connectivity index (χ0n) is 6.64. The Hall–Kier alpha value is -0.370. The average Bonchev–Trinajstić information content (AvgIpc) is 1.96. The van der Waals surface area contributed by atoms with Crippen molar-refractivity contribution in [2.75, 3.05) is 6.61 Å². The van der Waals surface area contributed by atoms with E-state index in [4.69, 9.17) is 4.74 Å². The zero-order chi connectivity index (χ0) is 7.61. The van der Waals surface area contributed by atoms with Crippen LogP contribution in [0.3, 0.4) is 0 Å². The zero-order valence-corrected chi connectivity index (χ0v) is 6.64. The molecule has 2 heteroatoms. The Bertz CT molecular complexity index is 138. The highest BCUT2D eigenvalue weighted by Gasteiger charge is 2.29. The van der Waals surface area contributed by atoms with Crippen LogP contribution in [0.2, 0.25) is 0 Å². The monoisotopic (exact) mass is 142 g/mol. The first-order valence-electron chi connectivity index (χ1n) is 3.80. The van der Waals surface area contributed by atoms with Crippen molar-refractivity contribution in [3.05, 3.63) is 0 Å². The van der Waals surface area contributed by atoms with Crippen molar-refractivity contribution in [3.63, 3.8) is 0 Å². The first-order chi connectivity index (χ1) is 4.63. The Labute approximate surface area is 61.6 Å². The standard InChI is InChI=1S/C8H14O2/c1-8(2)7(9)5-3-4-6-10-8/h3-6H2,1-2H3. The van der Waals surface area contributed by atoms with Crippen molar-refractivity contribution >= 4 is 5.78 Å². The number of ether oxygens (including phenoxy) is 1. The van der Waals surface area contributed by atoms with Crippen LogP contribution in [0, 0.1) is 0 Å². The van der Waals surface area contributed by atoms with Crippen molar-refractivity contribution in [2.24, 2.45) is 0 Å². The largest absolute Gasteiger partial charge is 0.368 e. The van der Waals surface area contributed by atoms with Gasteiger partial charge in [0.25, 0.3) is 0 Å². The number of Topliss-reactive ketones (excluding diaryl/α,β-unsaturated/α-hetero) is 1. The van der Waals surface area contributed by atoms with E-state index in [1.165, 1.54) is 0 Å². The molecule has 0 aromatic rings. The number of hydrogen-bond acceptors (Lipinski definition) is 2. The van der Waals surface area contributed by atoms with Gasteiger partial charge in [-0.1, -0.05) is 0 Å². The first kappa shape index (κ1) is 7.73. The van der Waals surface area contributed by atoms with Crippen molar-refractivity contribution in [1.29, 1.82) is 0 Å². The molecular weight excluding hydrogens is 128 g/mol. The molecule has 1 aliphatic rings. The van der Waals surface area contributed by atoms with Gasteiger partial charge in [-0.3, -0.25) is 4.79 Å². The van der Waals surface area contributed by atoms with E-state index >= 15 is 0 Å². The molecule has 1 heterocycles. The second-order valence-corrected chi connectivity index (χ2v) is 3.24. The fraction of sp³-hybridized carbons (Fsp3) is 0.875. The fourth-order valence-electron chi connectivity index (χ4n) is 1.10. The van der Waals surface area contributed by atoms with E-state index in [0.717, 1.165) is 19.4 Å². The number of ketones is 1. The summed E-state index contributed by atoms with van der Waals surface area (Å²) in [5.41, 5.74) is -0.517. The minimum absolute atomic E-state index is 0.241. The van der Waals surface area contributed by atoms with Gasteiger partial charge in [0.05, 0.1) is 0 Å². The summed E-state index contributed by atoms with van der Waals surface area (Å²) < 4.78 is 5.35. The molecule has 0 aliphatic carbocycles. The molecule has 0 atom stereocenters. The van der Waals surface area contributed by atoms with Gasteiger partial charge in [0.2, 0.25) is 0 Å². The van der Waals surface area contributed by atoms with Crippen molar-refractivity contribution < 1.29 is 9.53 Å². The number of carbonyl (C=O) groups excluding carboxylic acids is 1. The summed E-state index contributed by atoms with van der Waals surface area (Å²) >= 11 is 0. The lowest BCUT2D eigenvalue weighted by atomic mass is 10.0. The second kappa shape index (κ2) is 2.70. The summed E-state index contributed by atoms with van der Waals surface area (Å²) in [6, 6.07) is 0. The molecule has 0 bridgehead atoms. The van der Waals surface area contributed by atoms with E-state index in [9.17, 15) is 4.79 Å². The summed E-state index contributed by atoms with van der Waals surface area (Å²) in [4.78, 5) is 11.2. The van der Waals surface area contributed by atoms with E-state index in [-0.39, 0.29) is 5.78 Å². The molecule has 0 saturated carbocycles. The Balaban J connectivity index is 2.61. The molecule has 10 heavy (non-hydrogen) atoms. The summed E-state index contributed by atoms with van der Waals surface area (Å²) in [6.07, 6.45) is 2.70. The van der Waals surface area contributed by atoms with E-state index in [2.05, 4.69) is 0 Å². The third kappa shape index (κ3) is 1.57. The van der Waals surface area contributed by atoms with Crippen LogP contribution >= 0.6 is 0 Å². The molecule has 1 fully saturated rings. The van der Waals surface area contributed by atoms with E-state index in [1.807, 2.05) is 13.8 Å². The van der Waals surface area contributed by atoms with Gasteiger partial charge >= 0.3 is 0 Å². The summed E-state index contributed by atoms with van der Waals surface area (Å²) in [5, 5.41) is 0. The maximum atomic E-state index is 11.2. The molecule has 0 N–H and O–H groups in total. The van der Waals surface area contributed by atoms with Crippen LogP contribution < -0.4 is 0 Å². The van der Waals surface area contributed by atoms with Gasteiger partial charge in [-0.25, -0.2) is 0 Å². The van der Waals surface area contributed by atoms with Gasteiger partial charge in [-0.2, -0.15) is 0 Å². The lowest BCUT2D eigenvalue weighted by Crippen LogP contribution is -2.33. The van der Waals surface area contributed by atoms with Crippen molar-refractivity contribution in [3.8, 4) is 0 Å². The summed E-state index contributed by atoms with van der Waals surface area (Å²) in [7, 11) is 0. The molecule has 0 aromatic carbocycles. The van der Waals surface area contributed by atoms with Crippen molar-refractivity contribution in [1.82, 2.24) is 0 Å². The van der Waals surface area contributed by atoms with E-state index in [1.54, 1.807) is 0 Å². The third-order valence-electron chi connectivity index (χ3n) is 1.93. The minimum Gasteiger partial charge on any atom is -0.368 e. The highest BCUT2D eigenvalue weighted by Crippen LogP contribution is 2.19. The topological polar surface area (TPSA) is 26.3 Å². The molecule has 58 valence electrons. The Morgan fingerprint density at radius 2 is 2.10 bits per heavy atom. The van der Waals surface area contributed by atoms with Gasteiger partial charge in [-0.05, 0) is 26.7 Å². The Morgan fingerprint density at radius 3 is 2.80 bits per heavy atom. The van der Waals surface area contributed by atoms with Crippen LogP contribution in [-0.2, 0) is 9.53 Å². The maximum absolute atomic E-state index is 11.2. The second-order valence-electron chi connectivity index (χ2n) is 3.24. The first-order valence-corrected chi connectivity index (χ1v) is 3.80. The molecule has 2 nitrogen and oxygen atoms in total. The van der Waals surface area contributed by atoms with Gasteiger partial charge in [0.15, 0.2) is 5.78 Å². The predicted molar refractivity (Wildman–Crippen MR) is 38.9 cm³/mol. The fourth-order valence-corrected chi connectivity index (χ4v) is 1.10. The normalized spacial score (nSPS) is 26.0. The molecular formula is C8H14O2. The van der Waals surface area contributed by atoms with Crippen LogP contribution in [0.15, 0.2) is 0 Å². The Kier molecular flexibility index (Phi) is 2.09. The molecule has 1 rings (SSSR count). The van der Waals surface area contributed by atoms with Crippen LogP contribution in [0.25, 0.3) is 0 Å². The lowest BCUT2D eigenvalue weighted by molar-refractivity contribution is -0.137. The third-order valence-corrected chi connectivity index (χ3v) is 1.93. The Morgan fingerprint density at radius 1 is 1.40 bits per heavy atom. The molecule has 1 aliphatic heterocycles. The quantitative estimate of drug-likeness (QED) is 0.512. The molecule has 0 radical (unpaired) electrons. The van der Waals surface area contributed by atoms with E-state index in [0.29, 0.717) is 6.42 Å². The highest BCUT2D eigenvalue weighted by atomic mass is 16.5. The minimum atomic E-state index is -0.517. The predicted octanol–water partition coefficient (Wildman–Crippen LogP) is 1.53. The summed E-state index contributed by atoms with van der Waals surface area (Å²) in [5.74, 6) is 0.241. The van der Waals surface area contributed by atoms with Crippen LogP contribution in [-0.4, -0.2) is 18.0 Å². The smallest absolute Gasteiger partial charge is 0.164 e. The maximum Gasteiger partial charge on any atom is 0.164 e. The number of rotatable bonds is 0. The molecule has 0 amide bonds. The van der Waals surface area contributed by atoms with Gasteiger partial charge in [-0.15, -0.1) is 0 Å². The van der Waals surface area contributed by atoms with Gasteiger partial charge < -0.3 is 4.74 Å². The van der Waals surface area contributed by atoms with Crippen LogP contribution in [0.5, 0.6) is 0 Å². The highest BCUT2D eigenvalue weighted by molar-refractivity contribution is 5.86. The number of hydrogen-bond donors (Lipinski definition) is 0. The number of carbonyl (C=O) groups is 1. The van der Waals surface area contributed by atoms with Crippen LogP contribution in [0.4, 0.5) is 0 Å². The van der Waals surface area contributed by atoms with E-state index < -0.39 is 5.60 Å². The van der Waals surface area contributed by atoms with Crippen molar-refractivity contribution in [2.45, 2.75) is 38.7 Å². The molecule has 0 unspecified atom stereocenters. The SMILES string of the molecule is CC1(C)OCCCCC1=O. The molecule has 0 spiro atoms.